The van der Waals surface area contributed by atoms with Gasteiger partial charge in [-0.3, -0.25) is 0 Å². The summed E-state index contributed by atoms with van der Waals surface area (Å²) >= 11 is 0. The highest BCUT2D eigenvalue weighted by Crippen LogP contribution is 2.25. The zero-order valence-corrected chi connectivity index (χ0v) is 12.0. The summed E-state index contributed by atoms with van der Waals surface area (Å²) in [7, 11) is 1.83. The summed E-state index contributed by atoms with van der Waals surface area (Å²) in [4.78, 5) is 2.53. The highest BCUT2D eigenvalue weighted by Gasteiger charge is 2.31. The highest BCUT2D eigenvalue weighted by atomic mass is 16.5. The predicted octanol–water partition coefficient (Wildman–Crippen LogP) is 2.11. The first-order valence-electron chi connectivity index (χ1n) is 6.96. The van der Waals surface area contributed by atoms with Crippen LogP contribution in [0.5, 0.6) is 0 Å². The SMILES string of the molecule is COC1(C)CCCN(CC(CN)CC(C)C)C1. The van der Waals surface area contributed by atoms with Gasteiger partial charge in [-0.25, -0.2) is 0 Å². The summed E-state index contributed by atoms with van der Waals surface area (Å²) in [5, 5.41) is 0. The van der Waals surface area contributed by atoms with Gasteiger partial charge in [-0.05, 0) is 51.1 Å². The monoisotopic (exact) mass is 242 g/mol. The Labute approximate surface area is 107 Å². The number of piperidine rings is 1. The quantitative estimate of drug-likeness (QED) is 0.775. The summed E-state index contributed by atoms with van der Waals surface area (Å²) in [6.45, 7) is 11.0. The molecule has 0 aromatic carbocycles. The van der Waals surface area contributed by atoms with E-state index in [1.807, 2.05) is 7.11 Å². The normalized spacial score (nSPS) is 28.6. The van der Waals surface area contributed by atoms with Crippen LogP contribution in [0.15, 0.2) is 0 Å². The summed E-state index contributed by atoms with van der Waals surface area (Å²) in [5.41, 5.74) is 5.93. The third-order valence-electron chi connectivity index (χ3n) is 3.89. The van der Waals surface area contributed by atoms with Crippen molar-refractivity contribution in [2.45, 2.75) is 45.6 Å². The first-order chi connectivity index (χ1) is 7.99. The Hall–Kier alpha value is -0.120. The summed E-state index contributed by atoms with van der Waals surface area (Å²) in [6, 6.07) is 0. The predicted molar refractivity (Wildman–Crippen MR) is 73.1 cm³/mol. The minimum Gasteiger partial charge on any atom is -0.377 e. The van der Waals surface area contributed by atoms with E-state index in [9.17, 15) is 0 Å². The number of hydrogen-bond donors (Lipinski definition) is 1. The Morgan fingerprint density at radius 2 is 2.12 bits per heavy atom. The van der Waals surface area contributed by atoms with Gasteiger partial charge in [-0.15, -0.1) is 0 Å². The standard InChI is InChI=1S/C14H30N2O/c1-12(2)8-13(9-15)10-16-7-5-6-14(3,11-16)17-4/h12-13H,5-11,15H2,1-4H3. The molecule has 3 nitrogen and oxygen atoms in total. The molecule has 0 radical (unpaired) electrons. The van der Waals surface area contributed by atoms with Crippen LogP contribution in [0, 0.1) is 11.8 Å². The maximum Gasteiger partial charge on any atom is 0.0777 e. The van der Waals surface area contributed by atoms with Gasteiger partial charge < -0.3 is 15.4 Å². The Morgan fingerprint density at radius 3 is 2.65 bits per heavy atom. The highest BCUT2D eigenvalue weighted by molar-refractivity contribution is 4.85. The fourth-order valence-corrected chi connectivity index (χ4v) is 2.91. The van der Waals surface area contributed by atoms with Gasteiger partial charge in [0.05, 0.1) is 5.60 Å². The van der Waals surface area contributed by atoms with Crippen LogP contribution in [0.1, 0.15) is 40.0 Å². The van der Waals surface area contributed by atoms with Gasteiger partial charge in [0, 0.05) is 20.2 Å². The minimum atomic E-state index is 0.0508. The van der Waals surface area contributed by atoms with E-state index in [2.05, 4.69) is 25.7 Å². The van der Waals surface area contributed by atoms with Crippen molar-refractivity contribution in [3.63, 3.8) is 0 Å². The van der Waals surface area contributed by atoms with Crippen molar-refractivity contribution in [1.29, 1.82) is 0 Å². The van der Waals surface area contributed by atoms with Gasteiger partial charge in [0.2, 0.25) is 0 Å². The lowest BCUT2D eigenvalue weighted by atomic mass is 9.92. The Bertz CT molecular complexity index is 220. The molecule has 0 bridgehead atoms. The third kappa shape index (κ3) is 4.94. The van der Waals surface area contributed by atoms with Gasteiger partial charge in [0.1, 0.15) is 0 Å². The van der Waals surface area contributed by atoms with Crippen LogP contribution in [0.2, 0.25) is 0 Å². The van der Waals surface area contributed by atoms with E-state index in [1.54, 1.807) is 0 Å². The van der Waals surface area contributed by atoms with Gasteiger partial charge in [0.25, 0.3) is 0 Å². The first kappa shape index (κ1) is 14.9. The van der Waals surface area contributed by atoms with Crippen LogP contribution < -0.4 is 5.73 Å². The fourth-order valence-electron chi connectivity index (χ4n) is 2.91. The average molecular weight is 242 g/mol. The number of hydrogen-bond acceptors (Lipinski definition) is 3. The van der Waals surface area contributed by atoms with Crippen molar-refractivity contribution in [3.8, 4) is 0 Å². The molecular weight excluding hydrogens is 212 g/mol. The molecule has 0 spiro atoms. The molecule has 1 heterocycles. The molecule has 2 N–H and O–H groups in total. The third-order valence-corrected chi connectivity index (χ3v) is 3.89. The van der Waals surface area contributed by atoms with Gasteiger partial charge in [-0.1, -0.05) is 13.8 Å². The maximum absolute atomic E-state index is 5.88. The number of nitrogens with zero attached hydrogens (tertiary/aromatic N) is 1. The zero-order valence-electron chi connectivity index (χ0n) is 12.0. The van der Waals surface area contributed by atoms with Crippen molar-refractivity contribution >= 4 is 0 Å². The number of ether oxygens (including phenoxy) is 1. The maximum atomic E-state index is 5.88. The molecule has 1 aliphatic rings. The molecule has 1 aliphatic heterocycles. The fraction of sp³-hybridized carbons (Fsp3) is 1.00. The van der Waals surface area contributed by atoms with Crippen molar-refractivity contribution < 1.29 is 4.74 Å². The molecule has 0 aliphatic carbocycles. The molecular formula is C14H30N2O. The molecule has 0 aromatic heterocycles. The minimum absolute atomic E-state index is 0.0508. The second-order valence-corrected chi connectivity index (χ2v) is 6.22. The molecule has 0 amide bonds. The van der Waals surface area contributed by atoms with Crippen LogP contribution in [-0.2, 0) is 4.74 Å². The Kier molecular flexibility index (Phi) is 5.90. The molecule has 0 aromatic rings. The van der Waals surface area contributed by atoms with E-state index in [0.717, 1.165) is 25.6 Å². The molecule has 0 saturated carbocycles. The van der Waals surface area contributed by atoms with Crippen molar-refractivity contribution in [2.75, 3.05) is 33.3 Å². The Balaban J connectivity index is 2.44. The zero-order chi connectivity index (χ0) is 12.9. The second-order valence-electron chi connectivity index (χ2n) is 6.22. The molecule has 102 valence electrons. The van der Waals surface area contributed by atoms with E-state index in [4.69, 9.17) is 10.5 Å². The van der Waals surface area contributed by atoms with Crippen LogP contribution >= 0.6 is 0 Å². The summed E-state index contributed by atoms with van der Waals surface area (Å²) < 4.78 is 5.63. The lowest BCUT2D eigenvalue weighted by Gasteiger charge is -2.40. The van der Waals surface area contributed by atoms with Crippen LogP contribution in [-0.4, -0.2) is 43.8 Å². The first-order valence-corrected chi connectivity index (χ1v) is 6.96. The van der Waals surface area contributed by atoms with E-state index < -0.39 is 0 Å². The smallest absolute Gasteiger partial charge is 0.0777 e. The second kappa shape index (κ2) is 6.72. The lowest BCUT2D eigenvalue weighted by Crippen LogP contribution is -2.49. The molecule has 2 atom stereocenters. The molecule has 17 heavy (non-hydrogen) atoms. The van der Waals surface area contributed by atoms with Crippen LogP contribution in [0.3, 0.4) is 0 Å². The average Bonchev–Trinajstić information content (AvgIpc) is 2.28. The number of rotatable bonds is 6. The summed E-state index contributed by atoms with van der Waals surface area (Å²) in [5.74, 6) is 1.37. The molecule has 1 saturated heterocycles. The largest absolute Gasteiger partial charge is 0.377 e. The molecule has 1 rings (SSSR count). The van der Waals surface area contributed by atoms with E-state index >= 15 is 0 Å². The molecule has 1 fully saturated rings. The van der Waals surface area contributed by atoms with Crippen molar-refractivity contribution in [2.24, 2.45) is 17.6 Å². The van der Waals surface area contributed by atoms with Crippen LogP contribution in [0.25, 0.3) is 0 Å². The topological polar surface area (TPSA) is 38.5 Å². The van der Waals surface area contributed by atoms with E-state index in [-0.39, 0.29) is 5.60 Å². The van der Waals surface area contributed by atoms with Gasteiger partial charge in [0.15, 0.2) is 0 Å². The van der Waals surface area contributed by atoms with Gasteiger partial charge >= 0.3 is 0 Å². The van der Waals surface area contributed by atoms with Crippen molar-refractivity contribution in [1.82, 2.24) is 4.90 Å². The molecule has 3 heteroatoms. The van der Waals surface area contributed by atoms with E-state index in [1.165, 1.54) is 25.8 Å². The lowest BCUT2D eigenvalue weighted by molar-refractivity contribution is -0.0538. The summed E-state index contributed by atoms with van der Waals surface area (Å²) in [6.07, 6.45) is 3.65. The number of nitrogens with two attached hydrogens (primary N) is 1. The molecule has 2 unspecified atom stereocenters. The van der Waals surface area contributed by atoms with E-state index in [0.29, 0.717) is 5.92 Å². The van der Waals surface area contributed by atoms with Crippen molar-refractivity contribution in [3.05, 3.63) is 0 Å². The number of methoxy groups -OCH3 is 1. The van der Waals surface area contributed by atoms with Gasteiger partial charge in [-0.2, -0.15) is 0 Å². The van der Waals surface area contributed by atoms with Crippen LogP contribution in [0.4, 0.5) is 0 Å². The number of likely N-dealkylation sites (tertiary alicyclic amines) is 1. The Morgan fingerprint density at radius 1 is 1.41 bits per heavy atom.